The van der Waals surface area contributed by atoms with Gasteiger partial charge in [-0.2, -0.15) is 5.26 Å². The van der Waals surface area contributed by atoms with Crippen LogP contribution < -0.4 is 4.72 Å². The van der Waals surface area contributed by atoms with Gasteiger partial charge in [-0.25, -0.2) is 13.4 Å². The molecule has 1 aromatic heterocycles. The minimum atomic E-state index is -3.71. The quantitative estimate of drug-likeness (QED) is 0.932. The van der Waals surface area contributed by atoms with Crippen LogP contribution in [0, 0.1) is 11.3 Å². The largest absolute Gasteiger partial charge is 0.264 e. The molecule has 1 aromatic carbocycles. The Labute approximate surface area is 119 Å². The number of rotatable bonds is 3. The Bertz CT molecular complexity index is 736. The number of benzene rings is 1. The maximum Gasteiger partial charge on any atom is 0.264 e. The van der Waals surface area contributed by atoms with E-state index in [1.165, 1.54) is 24.4 Å². The number of hydrogen-bond donors (Lipinski definition) is 1. The van der Waals surface area contributed by atoms with Gasteiger partial charge in [0.05, 0.1) is 5.56 Å². The summed E-state index contributed by atoms with van der Waals surface area (Å²) >= 11 is 3.19. The van der Waals surface area contributed by atoms with E-state index in [-0.39, 0.29) is 10.7 Å². The molecule has 0 saturated carbocycles. The van der Waals surface area contributed by atoms with E-state index in [1.807, 2.05) is 6.07 Å². The molecule has 0 unspecified atom stereocenters. The second-order valence-corrected chi connectivity index (χ2v) is 6.08. The highest BCUT2D eigenvalue weighted by Gasteiger charge is 2.17. The molecule has 0 saturated heterocycles. The molecular weight excluding hydrogens is 330 g/mol. The number of nitriles is 1. The van der Waals surface area contributed by atoms with E-state index in [2.05, 4.69) is 25.6 Å². The van der Waals surface area contributed by atoms with E-state index >= 15 is 0 Å². The second-order valence-electron chi connectivity index (χ2n) is 3.58. The highest BCUT2D eigenvalue weighted by Crippen LogP contribution is 2.23. The molecule has 19 heavy (non-hydrogen) atoms. The third kappa shape index (κ3) is 3.10. The van der Waals surface area contributed by atoms with Crippen molar-refractivity contribution in [3.8, 4) is 6.07 Å². The van der Waals surface area contributed by atoms with Crippen LogP contribution in [-0.2, 0) is 10.0 Å². The van der Waals surface area contributed by atoms with Gasteiger partial charge in [0.1, 0.15) is 16.8 Å². The molecule has 0 aliphatic carbocycles. The van der Waals surface area contributed by atoms with E-state index in [1.54, 1.807) is 18.2 Å². The van der Waals surface area contributed by atoms with Gasteiger partial charge < -0.3 is 0 Å². The van der Waals surface area contributed by atoms with E-state index < -0.39 is 10.0 Å². The second kappa shape index (κ2) is 5.38. The van der Waals surface area contributed by atoms with Crippen molar-refractivity contribution in [3.63, 3.8) is 0 Å². The minimum absolute atomic E-state index is 0.126. The molecule has 2 aromatic rings. The predicted octanol–water partition coefficient (Wildman–Crippen LogP) is 2.52. The van der Waals surface area contributed by atoms with Crippen molar-refractivity contribution in [1.29, 1.82) is 5.26 Å². The summed E-state index contributed by atoms with van der Waals surface area (Å²) in [5, 5.41) is 8.64. The zero-order valence-electron chi connectivity index (χ0n) is 9.54. The summed E-state index contributed by atoms with van der Waals surface area (Å²) in [5.41, 5.74) is 0.365. The van der Waals surface area contributed by atoms with Crippen LogP contribution in [0.25, 0.3) is 0 Å². The van der Waals surface area contributed by atoms with E-state index in [0.717, 1.165) is 0 Å². The molecule has 0 atom stereocenters. The van der Waals surface area contributed by atoms with Crippen LogP contribution in [0.15, 0.2) is 52.0 Å². The normalized spacial score (nSPS) is 10.7. The lowest BCUT2D eigenvalue weighted by atomic mass is 10.3. The smallest absolute Gasteiger partial charge is 0.263 e. The van der Waals surface area contributed by atoms with Gasteiger partial charge in [0.25, 0.3) is 10.0 Å². The van der Waals surface area contributed by atoms with Crippen LogP contribution in [-0.4, -0.2) is 13.4 Å². The van der Waals surface area contributed by atoms with Gasteiger partial charge in [-0.15, -0.1) is 0 Å². The molecule has 0 radical (unpaired) electrons. The first-order valence-corrected chi connectivity index (χ1v) is 7.44. The first kappa shape index (κ1) is 13.5. The number of aromatic nitrogens is 1. The topological polar surface area (TPSA) is 82.9 Å². The van der Waals surface area contributed by atoms with Crippen molar-refractivity contribution in [2.24, 2.45) is 0 Å². The van der Waals surface area contributed by atoms with Crippen molar-refractivity contribution in [1.82, 2.24) is 4.98 Å². The number of nitrogens with zero attached hydrogens (tertiary/aromatic N) is 2. The fourth-order valence-corrected chi connectivity index (χ4v) is 3.39. The van der Waals surface area contributed by atoms with E-state index in [9.17, 15) is 8.42 Å². The van der Waals surface area contributed by atoms with Gasteiger partial charge in [-0.1, -0.05) is 12.1 Å². The van der Waals surface area contributed by atoms with Gasteiger partial charge in [-0.3, -0.25) is 4.72 Å². The first-order chi connectivity index (χ1) is 9.03. The highest BCUT2D eigenvalue weighted by molar-refractivity contribution is 9.10. The van der Waals surface area contributed by atoms with Gasteiger partial charge >= 0.3 is 0 Å². The number of halogens is 1. The lowest BCUT2D eigenvalue weighted by Gasteiger charge is -2.08. The number of nitrogens with one attached hydrogen (secondary N) is 1. The van der Waals surface area contributed by atoms with E-state index in [0.29, 0.717) is 10.0 Å². The van der Waals surface area contributed by atoms with Gasteiger partial charge in [-0.05, 0) is 40.2 Å². The molecule has 2 rings (SSSR count). The van der Waals surface area contributed by atoms with Crippen LogP contribution in [0.2, 0.25) is 0 Å². The molecule has 0 bridgehead atoms. The molecule has 0 spiro atoms. The number of anilines is 1. The van der Waals surface area contributed by atoms with Crippen molar-refractivity contribution in [3.05, 3.63) is 52.6 Å². The standard InChI is InChI=1S/C12H8BrN3O2S/c13-10-3-1-2-4-11(10)19(17,18)16-12-6-5-9(7-14)8-15-12/h1-6,8H,(H,15,16). The highest BCUT2D eigenvalue weighted by atomic mass is 79.9. The SMILES string of the molecule is N#Cc1ccc(NS(=O)(=O)c2ccccc2Br)nc1. The molecule has 1 N–H and O–H groups in total. The average molecular weight is 338 g/mol. The van der Waals surface area contributed by atoms with Crippen LogP contribution in [0.5, 0.6) is 0 Å². The maximum atomic E-state index is 12.1. The third-order valence-corrected chi connectivity index (χ3v) is 4.62. The number of pyridine rings is 1. The summed E-state index contributed by atoms with van der Waals surface area (Å²) in [6.45, 7) is 0. The summed E-state index contributed by atoms with van der Waals surface area (Å²) in [4.78, 5) is 3.99. The Morgan fingerprint density at radius 1 is 1.21 bits per heavy atom. The molecule has 0 amide bonds. The zero-order chi connectivity index (χ0) is 13.9. The van der Waals surface area contributed by atoms with Crippen molar-refractivity contribution < 1.29 is 8.42 Å². The molecule has 7 heteroatoms. The monoisotopic (exact) mass is 337 g/mol. The molecule has 1 heterocycles. The number of sulfonamides is 1. The fourth-order valence-electron chi connectivity index (χ4n) is 1.38. The van der Waals surface area contributed by atoms with Crippen LogP contribution in [0.1, 0.15) is 5.56 Å². The Kier molecular flexibility index (Phi) is 3.83. The van der Waals surface area contributed by atoms with E-state index in [4.69, 9.17) is 5.26 Å². The zero-order valence-corrected chi connectivity index (χ0v) is 11.9. The Hall–Kier alpha value is -1.91. The van der Waals surface area contributed by atoms with Crippen LogP contribution >= 0.6 is 15.9 Å². The van der Waals surface area contributed by atoms with Crippen LogP contribution in [0.3, 0.4) is 0 Å². The van der Waals surface area contributed by atoms with Gasteiger partial charge in [0.15, 0.2) is 0 Å². The maximum absolute atomic E-state index is 12.1. The molecule has 5 nitrogen and oxygen atoms in total. The average Bonchev–Trinajstić information content (AvgIpc) is 2.39. The summed E-state index contributed by atoms with van der Waals surface area (Å²) in [7, 11) is -3.71. The predicted molar refractivity (Wildman–Crippen MR) is 73.9 cm³/mol. The lowest BCUT2D eigenvalue weighted by Crippen LogP contribution is -2.14. The summed E-state index contributed by atoms with van der Waals surface area (Å²) in [6.07, 6.45) is 1.30. The Balaban J connectivity index is 2.32. The number of hydrogen-bond acceptors (Lipinski definition) is 4. The molecule has 0 aliphatic heterocycles. The van der Waals surface area contributed by atoms with Crippen LogP contribution in [0.4, 0.5) is 5.82 Å². The molecule has 0 fully saturated rings. The Morgan fingerprint density at radius 3 is 2.53 bits per heavy atom. The lowest BCUT2D eigenvalue weighted by molar-refractivity contribution is 0.600. The minimum Gasteiger partial charge on any atom is -0.263 e. The fraction of sp³-hybridized carbons (Fsp3) is 0. The van der Waals surface area contributed by atoms with Crippen molar-refractivity contribution in [2.75, 3.05) is 4.72 Å². The summed E-state index contributed by atoms with van der Waals surface area (Å²) < 4.78 is 27.1. The van der Waals surface area contributed by atoms with Gasteiger partial charge in [0, 0.05) is 10.7 Å². The molecule has 96 valence electrons. The van der Waals surface area contributed by atoms with Gasteiger partial charge in [0.2, 0.25) is 0 Å². The Morgan fingerprint density at radius 2 is 1.95 bits per heavy atom. The summed E-state index contributed by atoms with van der Waals surface area (Å²) in [5.74, 6) is 0.162. The summed E-state index contributed by atoms with van der Waals surface area (Å²) in [6, 6.07) is 11.3. The van der Waals surface area contributed by atoms with Crippen molar-refractivity contribution in [2.45, 2.75) is 4.90 Å². The first-order valence-electron chi connectivity index (χ1n) is 5.16. The third-order valence-electron chi connectivity index (χ3n) is 2.26. The van der Waals surface area contributed by atoms with Crippen molar-refractivity contribution >= 4 is 31.8 Å². The molecular formula is C12H8BrN3O2S. The molecule has 0 aliphatic rings.